The summed E-state index contributed by atoms with van der Waals surface area (Å²) >= 11 is 0. The summed E-state index contributed by atoms with van der Waals surface area (Å²) < 4.78 is 0. The first-order valence-corrected chi connectivity index (χ1v) is 6.84. The second kappa shape index (κ2) is 6.27. The van der Waals surface area contributed by atoms with Gasteiger partial charge in [-0.2, -0.15) is 0 Å². The maximum Gasteiger partial charge on any atom is 0.195 e. The molecule has 1 aliphatic carbocycles. The molecule has 0 aromatic heterocycles. The van der Waals surface area contributed by atoms with E-state index in [4.69, 9.17) is 4.99 Å². The lowest BCUT2D eigenvalue weighted by Gasteiger charge is -2.29. The molecule has 0 unspecified atom stereocenters. The lowest BCUT2D eigenvalue weighted by molar-refractivity contribution is 0.287. The summed E-state index contributed by atoms with van der Waals surface area (Å²) in [5.74, 6) is 1.08. The first-order valence-electron chi connectivity index (χ1n) is 6.84. The zero-order chi connectivity index (χ0) is 12.9. The lowest BCUT2D eigenvalue weighted by Crippen LogP contribution is -2.36. The van der Waals surface area contributed by atoms with E-state index < -0.39 is 0 Å². The normalized spacial score (nSPS) is 19.4. The second-order valence-electron chi connectivity index (χ2n) is 6.13. The Morgan fingerprint density at radius 1 is 0.941 bits per heavy atom. The summed E-state index contributed by atoms with van der Waals surface area (Å²) in [4.78, 5) is 9.02. The molecule has 0 saturated heterocycles. The number of hydrogen-bond acceptors (Lipinski definition) is 1. The van der Waals surface area contributed by atoms with Gasteiger partial charge in [0.2, 0.25) is 0 Å². The molecule has 0 aromatic carbocycles. The van der Waals surface area contributed by atoms with Crippen molar-refractivity contribution in [2.24, 2.45) is 10.4 Å². The van der Waals surface area contributed by atoms with Crippen LogP contribution in [0.15, 0.2) is 4.99 Å². The van der Waals surface area contributed by atoms with Crippen molar-refractivity contribution in [3.05, 3.63) is 0 Å². The molecule has 100 valence electrons. The van der Waals surface area contributed by atoms with Crippen LogP contribution in [0.1, 0.15) is 45.4 Å². The van der Waals surface area contributed by atoms with E-state index in [9.17, 15) is 0 Å². The van der Waals surface area contributed by atoms with Crippen LogP contribution in [-0.4, -0.2) is 50.5 Å². The molecule has 0 aromatic rings. The van der Waals surface area contributed by atoms with Gasteiger partial charge in [-0.05, 0) is 18.3 Å². The summed E-state index contributed by atoms with van der Waals surface area (Å²) in [6.45, 7) is 3.38. The molecule has 0 spiro atoms. The van der Waals surface area contributed by atoms with Crippen LogP contribution in [0.4, 0.5) is 0 Å². The van der Waals surface area contributed by atoms with Crippen molar-refractivity contribution in [1.29, 1.82) is 0 Å². The van der Waals surface area contributed by atoms with E-state index >= 15 is 0 Å². The third kappa shape index (κ3) is 4.57. The molecular formula is C14H29N3. The van der Waals surface area contributed by atoms with E-state index in [0.29, 0.717) is 5.41 Å². The molecule has 3 heteroatoms. The summed E-state index contributed by atoms with van der Waals surface area (Å²) in [6.07, 6.45) is 8.26. The van der Waals surface area contributed by atoms with Gasteiger partial charge in [0, 0.05) is 34.7 Å². The van der Waals surface area contributed by atoms with Crippen molar-refractivity contribution >= 4 is 5.96 Å². The van der Waals surface area contributed by atoms with Gasteiger partial charge in [-0.15, -0.1) is 0 Å². The highest BCUT2D eigenvalue weighted by Crippen LogP contribution is 2.34. The quantitative estimate of drug-likeness (QED) is 0.419. The van der Waals surface area contributed by atoms with Gasteiger partial charge in [-0.1, -0.05) is 32.6 Å². The summed E-state index contributed by atoms with van der Waals surface area (Å²) in [6, 6.07) is 0. The highest BCUT2D eigenvalue weighted by molar-refractivity contribution is 5.79. The van der Waals surface area contributed by atoms with Crippen LogP contribution in [0.25, 0.3) is 0 Å². The number of aliphatic imine (C=N–C) groups is 1. The Morgan fingerprint density at radius 2 is 1.41 bits per heavy atom. The predicted molar refractivity (Wildman–Crippen MR) is 75.5 cm³/mol. The summed E-state index contributed by atoms with van der Waals surface area (Å²) in [5, 5.41) is 0. The highest BCUT2D eigenvalue weighted by Gasteiger charge is 2.25. The molecule has 0 amide bonds. The maximum atomic E-state index is 4.83. The minimum absolute atomic E-state index is 0.424. The monoisotopic (exact) mass is 239 g/mol. The Kier molecular flexibility index (Phi) is 5.29. The molecule has 0 aliphatic heterocycles. The van der Waals surface area contributed by atoms with Gasteiger partial charge in [-0.3, -0.25) is 4.99 Å². The van der Waals surface area contributed by atoms with Gasteiger partial charge in [0.1, 0.15) is 0 Å². The molecule has 0 heterocycles. The Morgan fingerprint density at radius 3 is 1.82 bits per heavy atom. The van der Waals surface area contributed by atoms with Gasteiger partial charge in [0.15, 0.2) is 5.96 Å². The van der Waals surface area contributed by atoms with Gasteiger partial charge < -0.3 is 9.80 Å². The van der Waals surface area contributed by atoms with Crippen molar-refractivity contribution in [1.82, 2.24) is 9.80 Å². The van der Waals surface area contributed by atoms with E-state index in [-0.39, 0.29) is 0 Å². The van der Waals surface area contributed by atoms with E-state index in [0.717, 1.165) is 12.5 Å². The van der Waals surface area contributed by atoms with Crippen molar-refractivity contribution < 1.29 is 0 Å². The van der Waals surface area contributed by atoms with E-state index in [1.807, 2.05) is 0 Å². The topological polar surface area (TPSA) is 18.8 Å². The Hall–Kier alpha value is -0.730. The molecule has 17 heavy (non-hydrogen) atoms. The van der Waals surface area contributed by atoms with Crippen molar-refractivity contribution in [3.8, 4) is 0 Å². The molecule has 0 N–H and O–H groups in total. The van der Waals surface area contributed by atoms with E-state index in [1.165, 1.54) is 38.5 Å². The maximum absolute atomic E-state index is 4.83. The van der Waals surface area contributed by atoms with Gasteiger partial charge in [-0.25, -0.2) is 0 Å². The first kappa shape index (κ1) is 14.3. The van der Waals surface area contributed by atoms with Crippen molar-refractivity contribution in [2.75, 3.05) is 34.7 Å². The fourth-order valence-corrected chi connectivity index (χ4v) is 2.68. The molecule has 1 saturated carbocycles. The molecule has 1 fully saturated rings. The van der Waals surface area contributed by atoms with Crippen molar-refractivity contribution in [2.45, 2.75) is 45.4 Å². The summed E-state index contributed by atoms with van der Waals surface area (Å²) in [7, 11) is 8.25. The van der Waals surface area contributed by atoms with Crippen molar-refractivity contribution in [3.63, 3.8) is 0 Å². The molecule has 0 bridgehead atoms. The number of guanidine groups is 1. The van der Waals surface area contributed by atoms with E-state index in [2.05, 4.69) is 44.9 Å². The Bertz CT molecular complexity index is 238. The van der Waals surface area contributed by atoms with Crippen LogP contribution in [0.2, 0.25) is 0 Å². The number of hydrogen-bond donors (Lipinski definition) is 0. The smallest absolute Gasteiger partial charge is 0.195 e. The minimum Gasteiger partial charge on any atom is -0.349 e. The minimum atomic E-state index is 0.424. The Labute approximate surface area is 107 Å². The fourth-order valence-electron chi connectivity index (χ4n) is 2.68. The Balaban J connectivity index is 2.64. The fraction of sp³-hybridized carbons (Fsp3) is 0.929. The molecular weight excluding hydrogens is 210 g/mol. The second-order valence-corrected chi connectivity index (χ2v) is 6.13. The molecule has 1 rings (SSSR count). The molecule has 0 radical (unpaired) electrons. The standard InChI is InChI=1S/C14H29N3/c1-14(10-8-6-7-9-11-14)12-15-13(16(2)3)17(4)5/h6-12H2,1-5H3. The lowest BCUT2D eigenvalue weighted by atomic mass is 9.83. The molecule has 3 nitrogen and oxygen atoms in total. The van der Waals surface area contributed by atoms with Crippen LogP contribution < -0.4 is 0 Å². The average Bonchev–Trinajstić information content (AvgIpc) is 2.42. The summed E-state index contributed by atoms with van der Waals surface area (Å²) in [5.41, 5.74) is 0.424. The van der Waals surface area contributed by atoms with Crippen LogP contribution in [0, 0.1) is 5.41 Å². The predicted octanol–water partition coefficient (Wildman–Crippen LogP) is 2.83. The molecule has 0 atom stereocenters. The third-order valence-corrected chi connectivity index (χ3v) is 3.71. The van der Waals surface area contributed by atoms with Gasteiger partial charge >= 0.3 is 0 Å². The zero-order valence-electron chi connectivity index (χ0n) is 12.3. The first-order chi connectivity index (χ1) is 7.94. The SMILES string of the molecule is CN(C)C(=NCC1(C)CCCCCC1)N(C)C. The van der Waals surface area contributed by atoms with Crippen LogP contribution in [0.3, 0.4) is 0 Å². The van der Waals surface area contributed by atoms with Crippen LogP contribution >= 0.6 is 0 Å². The third-order valence-electron chi connectivity index (χ3n) is 3.71. The average molecular weight is 239 g/mol. The number of rotatable bonds is 2. The van der Waals surface area contributed by atoms with Gasteiger partial charge in [0.25, 0.3) is 0 Å². The van der Waals surface area contributed by atoms with Crippen LogP contribution in [0.5, 0.6) is 0 Å². The largest absolute Gasteiger partial charge is 0.349 e. The highest BCUT2D eigenvalue weighted by atomic mass is 15.3. The molecule has 1 aliphatic rings. The van der Waals surface area contributed by atoms with Crippen LogP contribution in [-0.2, 0) is 0 Å². The zero-order valence-corrected chi connectivity index (χ0v) is 12.3. The number of nitrogens with zero attached hydrogens (tertiary/aromatic N) is 3. The van der Waals surface area contributed by atoms with E-state index in [1.54, 1.807) is 0 Å². The van der Waals surface area contributed by atoms with Gasteiger partial charge in [0.05, 0.1) is 0 Å².